The van der Waals surface area contributed by atoms with Gasteiger partial charge in [0, 0.05) is 26.0 Å². The summed E-state index contributed by atoms with van der Waals surface area (Å²) in [6.45, 7) is 4.89. The van der Waals surface area contributed by atoms with Gasteiger partial charge >= 0.3 is 0 Å². The van der Waals surface area contributed by atoms with E-state index in [1.165, 1.54) is 6.26 Å². The van der Waals surface area contributed by atoms with Crippen LogP contribution in [0.1, 0.15) is 12.5 Å². The molecule has 0 aromatic heterocycles. The molecule has 0 fully saturated rings. The quantitative estimate of drug-likeness (QED) is 0.746. The summed E-state index contributed by atoms with van der Waals surface area (Å²) in [5, 5.41) is 3.22. The van der Waals surface area contributed by atoms with E-state index in [9.17, 15) is 8.42 Å². The average molecular weight is 257 g/mol. The van der Waals surface area contributed by atoms with Crippen LogP contribution in [0.5, 0.6) is 0 Å². The summed E-state index contributed by atoms with van der Waals surface area (Å²) in [4.78, 5) is 0.357. The molecule has 0 saturated carbocycles. The highest BCUT2D eigenvalue weighted by molar-refractivity contribution is 7.90. The van der Waals surface area contributed by atoms with E-state index in [2.05, 4.69) is 5.32 Å². The number of rotatable bonds is 7. The fourth-order valence-electron chi connectivity index (χ4n) is 1.38. The van der Waals surface area contributed by atoms with Gasteiger partial charge in [-0.05, 0) is 24.6 Å². The van der Waals surface area contributed by atoms with Crippen molar-refractivity contribution in [2.75, 3.05) is 26.0 Å². The van der Waals surface area contributed by atoms with E-state index in [1.807, 2.05) is 19.1 Å². The van der Waals surface area contributed by atoms with Crippen LogP contribution in [-0.4, -0.2) is 34.4 Å². The van der Waals surface area contributed by atoms with Crippen molar-refractivity contribution in [3.63, 3.8) is 0 Å². The van der Waals surface area contributed by atoms with E-state index in [-0.39, 0.29) is 0 Å². The number of ether oxygens (including phenoxy) is 1. The maximum atomic E-state index is 11.2. The van der Waals surface area contributed by atoms with E-state index in [4.69, 9.17) is 4.74 Å². The Morgan fingerprint density at radius 3 is 2.41 bits per heavy atom. The Kier molecular flexibility index (Phi) is 5.61. The van der Waals surface area contributed by atoms with E-state index in [0.717, 1.165) is 25.3 Å². The van der Waals surface area contributed by atoms with Gasteiger partial charge < -0.3 is 10.1 Å². The maximum Gasteiger partial charge on any atom is 0.175 e. The zero-order chi connectivity index (χ0) is 12.7. The fourth-order valence-corrected chi connectivity index (χ4v) is 2.01. The van der Waals surface area contributed by atoms with Gasteiger partial charge in [0.1, 0.15) is 0 Å². The van der Waals surface area contributed by atoms with E-state index in [1.54, 1.807) is 12.1 Å². The van der Waals surface area contributed by atoms with Gasteiger partial charge in [-0.3, -0.25) is 0 Å². The van der Waals surface area contributed by atoms with E-state index >= 15 is 0 Å². The second-order valence-corrected chi connectivity index (χ2v) is 5.81. The van der Waals surface area contributed by atoms with Crippen LogP contribution in [0.15, 0.2) is 29.2 Å². The van der Waals surface area contributed by atoms with Gasteiger partial charge in [0.2, 0.25) is 0 Å². The molecule has 96 valence electrons. The van der Waals surface area contributed by atoms with Crippen molar-refractivity contribution in [3.05, 3.63) is 29.8 Å². The molecule has 0 heterocycles. The first-order chi connectivity index (χ1) is 8.04. The van der Waals surface area contributed by atoms with E-state index < -0.39 is 9.84 Å². The van der Waals surface area contributed by atoms with Crippen molar-refractivity contribution in [2.24, 2.45) is 0 Å². The van der Waals surface area contributed by atoms with Gasteiger partial charge in [-0.15, -0.1) is 0 Å². The SMILES string of the molecule is CCOCCNCc1ccc(S(C)(=O)=O)cc1. The third-order valence-electron chi connectivity index (χ3n) is 2.31. The summed E-state index contributed by atoms with van der Waals surface area (Å²) in [6, 6.07) is 6.91. The average Bonchev–Trinajstić information content (AvgIpc) is 2.28. The highest BCUT2D eigenvalue weighted by Crippen LogP contribution is 2.09. The third kappa shape index (κ3) is 5.30. The molecule has 0 radical (unpaired) electrons. The highest BCUT2D eigenvalue weighted by atomic mass is 32.2. The lowest BCUT2D eigenvalue weighted by molar-refractivity contribution is 0.149. The Balaban J connectivity index is 2.41. The van der Waals surface area contributed by atoms with Crippen LogP contribution in [-0.2, 0) is 21.1 Å². The first-order valence-corrected chi connectivity index (χ1v) is 7.50. The first-order valence-electron chi connectivity index (χ1n) is 5.61. The molecular weight excluding hydrogens is 238 g/mol. The third-order valence-corrected chi connectivity index (χ3v) is 3.44. The Labute approximate surface area is 103 Å². The van der Waals surface area contributed by atoms with Crippen LogP contribution in [0.3, 0.4) is 0 Å². The molecule has 0 aliphatic heterocycles. The number of nitrogens with one attached hydrogen (secondary N) is 1. The normalized spacial score (nSPS) is 11.6. The zero-order valence-corrected chi connectivity index (χ0v) is 11.1. The highest BCUT2D eigenvalue weighted by Gasteiger charge is 2.05. The molecule has 1 N–H and O–H groups in total. The number of hydrogen-bond acceptors (Lipinski definition) is 4. The molecule has 5 heteroatoms. The Hall–Kier alpha value is -0.910. The minimum absolute atomic E-state index is 0.357. The molecule has 1 rings (SSSR count). The van der Waals surface area contributed by atoms with Gasteiger partial charge in [-0.25, -0.2) is 8.42 Å². The molecule has 1 aromatic carbocycles. The van der Waals surface area contributed by atoms with Gasteiger partial charge in [-0.2, -0.15) is 0 Å². The molecule has 4 nitrogen and oxygen atoms in total. The van der Waals surface area contributed by atoms with Crippen LogP contribution < -0.4 is 5.32 Å². The van der Waals surface area contributed by atoms with Gasteiger partial charge in [-0.1, -0.05) is 12.1 Å². The number of benzene rings is 1. The molecule has 0 amide bonds. The molecule has 0 spiro atoms. The van der Waals surface area contributed by atoms with Crippen LogP contribution in [0.4, 0.5) is 0 Å². The largest absolute Gasteiger partial charge is 0.380 e. The monoisotopic (exact) mass is 257 g/mol. The van der Waals surface area contributed by atoms with Crippen LogP contribution in [0.25, 0.3) is 0 Å². The van der Waals surface area contributed by atoms with Crippen molar-refractivity contribution < 1.29 is 13.2 Å². The fraction of sp³-hybridized carbons (Fsp3) is 0.500. The van der Waals surface area contributed by atoms with Crippen LogP contribution >= 0.6 is 0 Å². The van der Waals surface area contributed by atoms with Gasteiger partial charge in [0.05, 0.1) is 11.5 Å². The summed E-state index contributed by atoms with van der Waals surface area (Å²) in [5.41, 5.74) is 1.06. The van der Waals surface area contributed by atoms with Crippen molar-refractivity contribution in [2.45, 2.75) is 18.4 Å². The molecule has 0 aliphatic rings. The molecule has 1 aromatic rings. The summed E-state index contributed by atoms with van der Waals surface area (Å²) >= 11 is 0. The maximum absolute atomic E-state index is 11.2. The molecule has 17 heavy (non-hydrogen) atoms. The second-order valence-electron chi connectivity index (χ2n) is 3.79. The predicted molar refractivity (Wildman–Crippen MR) is 67.8 cm³/mol. The first kappa shape index (κ1) is 14.2. The molecule has 0 saturated heterocycles. The minimum atomic E-state index is -3.09. The molecule has 0 atom stereocenters. The van der Waals surface area contributed by atoms with Crippen molar-refractivity contribution in [1.82, 2.24) is 5.32 Å². The predicted octanol–water partition coefficient (Wildman–Crippen LogP) is 1.22. The van der Waals surface area contributed by atoms with Crippen molar-refractivity contribution in [1.29, 1.82) is 0 Å². The minimum Gasteiger partial charge on any atom is -0.380 e. The standard InChI is InChI=1S/C12H19NO3S/c1-3-16-9-8-13-10-11-4-6-12(7-5-11)17(2,14)15/h4-7,13H,3,8-10H2,1-2H3. The molecule has 0 bridgehead atoms. The molecular formula is C12H19NO3S. The van der Waals surface area contributed by atoms with Gasteiger partial charge in [0.25, 0.3) is 0 Å². The van der Waals surface area contributed by atoms with Gasteiger partial charge in [0.15, 0.2) is 9.84 Å². The molecule has 0 unspecified atom stereocenters. The second kappa shape index (κ2) is 6.74. The van der Waals surface area contributed by atoms with Crippen LogP contribution in [0.2, 0.25) is 0 Å². The summed E-state index contributed by atoms with van der Waals surface area (Å²) in [6.07, 6.45) is 1.21. The smallest absolute Gasteiger partial charge is 0.175 e. The number of hydrogen-bond donors (Lipinski definition) is 1. The Morgan fingerprint density at radius 1 is 1.24 bits per heavy atom. The van der Waals surface area contributed by atoms with Crippen molar-refractivity contribution >= 4 is 9.84 Å². The van der Waals surface area contributed by atoms with Crippen LogP contribution in [0, 0.1) is 0 Å². The van der Waals surface area contributed by atoms with E-state index in [0.29, 0.717) is 11.5 Å². The lowest BCUT2D eigenvalue weighted by atomic mass is 10.2. The zero-order valence-electron chi connectivity index (χ0n) is 10.3. The topological polar surface area (TPSA) is 55.4 Å². The number of sulfone groups is 1. The molecule has 0 aliphatic carbocycles. The lowest BCUT2D eigenvalue weighted by Crippen LogP contribution is -2.19. The van der Waals surface area contributed by atoms with Crippen molar-refractivity contribution in [3.8, 4) is 0 Å². The summed E-state index contributed by atoms with van der Waals surface area (Å²) in [7, 11) is -3.09. The lowest BCUT2D eigenvalue weighted by Gasteiger charge is -2.05. The Morgan fingerprint density at radius 2 is 1.88 bits per heavy atom. The summed E-state index contributed by atoms with van der Waals surface area (Å²) in [5.74, 6) is 0. The summed E-state index contributed by atoms with van der Waals surface area (Å²) < 4.78 is 27.7. The Bertz CT molecular complexity index is 426.